The van der Waals surface area contributed by atoms with Crippen LogP contribution in [-0.4, -0.2) is 20.2 Å². The lowest BCUT2D eigenvalue weighted by atomic mass is 9.87. The largest absolute Gasteiger partial charge is 0.496 e. The lowest BCUT2D eigenvalue weighted by Gasteiger charge is -2.19. The smallest absolute Gasteiger partial charge is 0.453 e. The molecule has 0 unspecified atom stereocenters. The first-order valence-corrected chi connectivity index (χ1v) is 11.7. The summed E-state index contributed by atoms with van der Waals surface area (Å²) in [5, 5.41) is -0.195. The van der Waals surface area contributed by atoms with E-state index in [1.54, 1.807) is 18.2 Å². The molecule has 0 saturated heterocycles. The Morgan fingerprint density at radius 2 is 1.44 bits per heavy atom. The molecule has 7 nitrogen and oxygen atoms in total. The molecule has 0 amide bonds. The number of fused-ring (bicyclic) bond motifs is 1. The molecule has 0 aliphatic heterocycles. The van der Waals surface area contributed by atoms with E-state index in [0.717, 1.165) is 11.6 Å². The third kappa shape index (κ3) is 5.69. The second-order valence-corrected chi connectivity index (χ2v) is 9.55. The van der Waals surface area contributed by atoms with Gasteiger partial charge in [0.2, 0.25) is 11.2 Å². The zero-order chi connectivity index (χ0) is 28.5. The zero-order valence-corrected chi connectivity index (χ0v) is 21.8. The Bertz CT molecular complexity index is 1560. The number of hydrogen-bond acceptors (Lipinski definition) is 7. The van der Waals surface area contributed by atoms with E-state index in [1.807, 2.05) is 20.8 Å². The van der Waals surface area contributed by atoms with Gasteiger partial charge in [-0.25, -0.2) is 4.79 Å². The Labute approximate surface area is 221 Å². The molecule has 0 radical (unpaired) electrons. The molecule has 0 fully saturated rings. The SMILES string of the molecule is COc1cccc(OC)c1C(=O)Oc1ccc2c(=O)c(Oc3ccc(C(C)(C)C)cc3)c(C(F)(F)F)oc2c1. The topological polar surface area (TPSA) is 84.2 Å². The third-order valence-electron chi connectivity index (χ3n) is 5.86. The second-order valence-electron chi connectivity index (χ2n) is 9.55. The van der Waals surface area contributed by atoms with Gasteiger partial charge < -0.3 is 23.4 Å². The quantitative estimate of drug-likeness (QED) is 0.189. The fourth-order valence-corrected chi connectivity index (χ4v) is 3.85. The van der Waals surface area contributed by atoms with Crippen molar-refractivity contribution in [2.75, 3.05) is 14.2 Å². The average molecular weight is 543 g/mol. The number of hydrogen-bond donors (Lipinski definition) is 0. The molecule has 4 rings (SSSR count). The maximum absolute atomic E-state index is 14.0. The molecule has 39 heavy (non-hydrogen) atoms. The van der Waals surface area contributed by atoms with Gasteiger partial charge in [-0.2, -0.15) is 13.2 Å². The van der Waals surface area contributed by atoms with Gasteiger partial charge in [-0.05, 0) is 47.4 Å². The van der Waals surface area contributed by atoms with Crippen molar-refractivity contribution >= 4 is 16.9 Å². The van der Waals surface area contributed by atoms with Crippen LogP contribution in [0, 0.1) is 0 Å². The lowest BCUT2D eigenvalue weighted by molar-refractivity contribution is -0.154. The summed E-state index contributed by atoms with van der Waals surface area (Å²) >= 11 is 0. The van der Waals surface area contributed by atoms with Crippen LogP contribution in [0.2, 0.25) is 0 Å². The highest BCUT2D eigenvalue weighted by atomic mass is 19.4. The molecule has 0 aliphatic carbocycles. The lowest BCUT2D eigenvalue weighted by Crippen LogP contribution is -2.16. The molecule has 0 aliphatic rings. The van der Waals surface area contributed by atoms with Gasteiger partial charge >= 0.3 is 12.1 Å². The van der Waals surface area contributed by atoms with Crippen LogP contribution in [0.25, 0.3) is 11.0 Å². The van der Waals surface area contributed by atoms with Crippen molar-refractivity contribution in [3.8, 4) is 28.7 Å². The molecule has 204 valence electrons. The number of alkyl halides is 3. The van der Waals surface area contributed by atoms with Crippen LogP contribution in [0.3, 0.4) is 0 Å². The van der Waals surface area contributed by atoms with Crippen molar-refractivity contribution in [1.29, 1.82) is 0 Å². The first-order valence-electron chi connectivity index (χ1n) is 11.7. The van der Waals surface area contributed by atoms with Gasteiger partial charge in [-0.3, -0.25) is 4.79 Å². The first-order chi connectivity index (χ1) is 18.3. The van der Waals surface area contributed by atoms with Crippen molar-refractivity contribution in [1.82, 2.24) is 0 Å². The molecule has 4 aromatic rings. The highest BCUT2D eigenvalue weighted by molar-refractivity contribution is 5.97. The van der Waals surface area contributed by atoms with E-state index in [2.05, 4.69) is 0 Å². The number of esters is 1. The summed E-state index contributed by atoms with van der Waals surface area (Å²) in [7, 11) is 2.71. The summed E-state index contributed by atoms with van der Waals surface area (Å²) in [4.78, 5) is 26.0. The molecule has 1 aromatic heterocycles. The Kier molecular flexibility index (Phi) is 7.32. The molecule has 10 heteroatoms. The molecule has 0 atom stereocenters. The van der Waals surface area contributed by atoms with Crippen molar-refractivity contribution in [2.45, 2.75) is 32.4 Å². The summed E-state index contributed by atoms with van der Waals surface area (Å²) in [6.07, 6.45) is -5.05. The van der Waals surface area contributed by atoms with Gasteiger partial charge in [0.1, 0.15) is 34.1 Å². The summed E-state index contributed by atoms with van der Waals surface area (Å²) < 4.78 is 68.1. The van der Waals surface area contributed by atoms with E-state index in [-0.39, 0.29) is 39.4 Å². The predicted molar refractivity (Wildman–Crippen MR) is 137 cm³/mol. The highest BCUT2D eigenvalue weighted by Crippen LogP contribution is 2.39. The summed E-state index contributed by atoms with van der Waals surface area (Å²) in [5.41, 5.74) is -0.756. The van der Waals surface area contributed by atoms with Crippen molar-refractivity contribution in [2.24, 2.45) is 0 Å². The van der Waals surface area contributed by atoms with E-state index >= 15 is 0 Å². The predicted octanol–water partition coefficient (Wildman–Crippen LogP) is 7.14. The number of methoxy groups -OCH3 is 2. The van der Waals surface area contributed by atoms with Gasteiger partial charge in [0.25, 0.3) is 5.76 Å². The minimum absolute atomic E-state index is 0.0266. The normalized spacial score (nSPS) is 11.8. The van der Waals surface area contributed by atoms with Gasteiger partial charge in [0.05, 0.1) is 19.6 Å². The highest BCUT2D eigenvalue weighted by Gasteiger charge is 2.40. The maximum Gasteiger partial charge on any atom is 0.453 e. The van der Waals surface area contributed by atoms with Crippen LogP contribution >= 0.6 is 0 Å². The van der Waals surface area contributed by atoms with Crippen LogP contribution < -0.4 is 24.4 Å². The fraction of sp³-hybridized carbons (Fsp3) is 0.241. The molecule has 0 N–H and O–H groups in total. The molecular formula is C29H25F3O7. The van der Waals surface area contributed by atoms with E-state index in [0.29, 0.717) is 0 Å². The van der Waals surface area contributed by atoms with Gasteiger partial charge in [-0.1, -0.05) is 39.0 Å². The van der Waals surface area contributed by atoms with Crippen LogP contribution in [0.15, 0.2) is 69.9 Å². The van der Waals surface area contributed by atoms with Crippen LogP contribution in [0.4, 0.5) is 13.2 Å². The molecule has 0 saturated carbocycles. The number of rotatable bonds is 6. The van der Waals surface area contributed by atoms with Crippen molar-refractivity contribution < 1.29 is 41.3 Å². The van der Waals surface area contributed by atoms with Crippen LogP contribution in [-0.2, 0) is 11.6 Å². The molecule has 0 spiro atoms. The van der Waals surface area contributed by atoms with E-state index < -0.39 is 34.7 Å². The van der Waals surface area contributed by atoms with E-state index in [4.69, 9.17) is 23.4 Å². The Morgan fingerprint density at radius 1 is 0.846 bits per heavy atom. The van der Waals surface area contributed by atoms with Gasteiger partial charge in [-0.15, -0.1) is 0 Å². The van der Waals surface area contributed by atoms with Crippen LogP contribution in [0.1, 0.15) is 42.5 Å². The minimum Gasteiger partial charge on any atom is -0.496 e. The standard InChI is InChI=1S/C29H25F3O7/c1-28(2,3)16-9-11-17(12-10-16)37-25-24(33)19-14-13-18(15-22(19)39-26(25)29(30,31)32)38-27(34)23-20(35-4)7-6-8-21(23)36-5/h6-15H,1-5H3. The first kappa shape index (κ1) is 27.6. The Morgan fingerprint density at radius 3 is 1.97 bits per heavy atom. The molecule has 1 heterocycles. The Balaban J connectivity index is 1.74. The number of carbonyl (C=O) groups is 1. The van der Waals surface area contributed by atoms with E-state index in [9.17, 15) is 22.8 Å². The minimum atomic E-state index is -5.05. The monoisotopic (exact) mass is 542 g/mol. The number of halogens is 3. The number of ether oxygens (including phenoxy) is 4. The number of benzene rings is 3. The van der Waals surface area contributed by atoms with Crippen molar-refractivity contribution in [3.63, 3.8) is 0 Å². The van der Waals surface area contributed by atoms with Crippen LogP contribution in [0.5, 0.6) is 28.7 Å². The summed E-state index contributed by atoms with van der Waals surface area (Å²) in [6.45, 7) is 5.96. The third-order valence-corrected chi connectivity index (χ3v) is 5.86. The molecule has 3 aromatic carbocycles. The summed E-state index contributed by atoms with van der Waals surface area (Å²) in [6, 6.07) is 14.5. The molecular weight excluding hydrogens is 517 g/mol. The summed E-state index contributed by atoms with van der Waals surface area (Å²) in [5.74, 6) is -3.29. The molecule has 0 bridgehead atoms. The zero-order valence-electron chi connectivity index (χ0n) is 21.8. The Hall–Kier alpha value is -4.47. The number of carbonyl (C=O) groups excluding carboxylic acids is 1. The van der Waals surface area contributed by atoms with Gasteiger partial charge in [0, 0.05) is 6.07 Å². The van der Waals surface area contributed by atoms with Gasteiger partial charge in [0.15, 0.2) is 0 Å². The second kappa shape index (κ2) is 10.4. The average Bonchev–Trinajstić information content (AvgIpc) is 2.88. The van der Waals surface area contributed by atoms with E-state index in [1.165, 1.54) is 50.6 Å². The fourth-order valence-electron chi connectivity index (χ4n) is 3.85. The maximum atomic E-state index is 14.0. The van der Waals surface area contributed by atoms with Crippen molar-refractivity contribution in [3.05, 3.63) is 87.8 Å².